The summed E-state index contributed by atoms with van der Waals surface area (Å²) in [5, 5.41) is 11.6. The molecule has 1 amide bonds. The van der Waals surface area contributed by atoms with Crippen LogP contribution in [0.4, 0.5) is 20.6 Å². The van der Waals surface area contributed by atoms with Gasteiger partial charge in [-0.15, -0.1) is 0 Å². The van der Waals surface area contributed by atoms with Gasteiger partial charge in [0.15, 0.2) is 11.5 Å². The van der Waals surface area contributed by atoms with E-state index in [1.165, 1.54) is 18.2 Å². The smallest absolute Gasteiger partial charge is 0.407 e. The highest BCUT2D eigenvalue weighted by Crippen LogP contribution is 2.40. The summed E-state index contributed by atoms with van der Waals surface area (Å²) < 4.78 is 32.4. The molecule has 2 aromatic heterocycles. The summed E-state index contributed by atoms with van der Waals surface area (Å²) in [4.78, 5) is 16.8. The van der Waals surface area contributed by atoms with Gasteiger partial charge in [0, 0.05) is 29.9 Å². The summed E-state index contributed by atoms with van der Waals surface area (Å²) in [6, 6.07) is 10.0. The predicted octanol–water partition coefficient (Wildman–Crippen LogP) is 7.12. The van der Waals surface area contributed by atoms with Crippen molar-refractivity contribution < 1.29 is 23.4 Å². The predicted molar refractivity (Wildman–Crippen MR) is 172 cm³/mol. The van der Waals surface area contributed by atoms with Crippen molar-refractivity contribution in [1.29, 1.82) is 0 Å². The quantitative estimate of drug-likeness (QED) is 0.152. The fourth-order valence-electron chi connectivity index (χ4n) is 5.73. The summed E-state index contributed by atoms with van der Waals surface area (Å²) in [6.07, 6.45) is 6.35. The van der Waals surface area contributed by atoms with Crippen LogP contribution < -0.4 is 25.8 Å². The molecule has 4 N–H and O–H groups in total. The lowest BCUT2D eigenvalue weighted by atomic mass is 9.91. The molecule has 0 unspecified atom stereocenters. The molecular formula is C33H36ClFN6O4. The minimum atomic E-state index is -0.557. The van der Waals surface area contributed by atoms with Crippen LogP contribution in [0.1, 0.15) is 57.6 Å². The number of rotatable bonds is 6. The highest BCUT2D eigenvalue weighted by Gasteiger charge is 2.27. The van der Waals surface area contributed by atoms with E-state index in [4.69, 9.17) is 31.5 Å². The van der Waals surface area contributed by atoms with E-state index in [0.717, 1.165) is 59.3 Å². The number of nitrogens with zero attached hydrogens (tertiary/aromatic N) is 3. The molecule has 2 aliphatic rings. The molecule has 3 heterocycles. The summed E-state index contributed by atoms with van der Waals surface area (Å²) in [5.41, 5.74) is 11.3. The van der Waals surface area contributed by atoms with Gasteiger partial charge in [0.25, 0.3) is 0 Å². The van der Waals surface area contributed by atoms with Gasteiger partial charge in [0.2, 0.25) is 6.79 Å². The van der Waals surface area contributed by atoms with Crippen LogP contribution in [0.25, 0.3) is 16.6 Å². The van der Waals surface area contributed by atoms with Crippen LogP contribution in [0.3, 0.4) is 0 Å². The monoisotopic (exact) mass is 634 g/mol. The number of carbonyl (C=O) groups is 1. The second-order valence-corrected chi connectivity index (χ2v) is 12.9. The van der Waals surface area contributed by atoms with E-state index in [9.17, 15) is 9.18 Å². The molecule has 0 spiro atoms. The fourth-order valence-corrected chi connectivity index (χ4v) is 5.89. The molecule has 1 aliphatic heterocycles. The van der Waals surface area contributed by atoms with Gasteiger partial charge in [-0.05, 0) is 94.8 Å². The maximum atomic E-state index is 14.0. The molecule has 0 saturated heterocycles. The van der Waals surface area contributed by atoms with Crippen LogP contribution in [0.2, 0.25) is 5.02 Å². The zero-order chi connectivity index (χ0) is 31.9. The first-order valence-electron chi connectivity index (χ1n) is 14.9. The third-order valence-electron chi connectivity index (χ3n) is 7.89. The van der Waals surface area contributed by atoms with Crippen molar-refractivity contribution in [3.63, 3.8) is 0 Å². The van der Waals surface area contributed by atoms with Gasteiger partial charge in [-0.25, -0.2) is 18.7 Å². The maximum Gasteiger partial charge on any atom is 0.407 e. The number of halogens is 2. The summed E-state index contributed by atoms with van der Waals surface area (Å²) in [6.45, 7) is 7.75. The van der Waals surface area contributed by atoms with E-state index in [1.807, 2.05) is 52.1 Å². The van der Waals surface area contributed by atoms with Gasteiger partial charge in [-0.3, -0.25) is 0 Å². The van der Waals surface area contributed by atoms with Crippen molar-refractivity contribution in [1.82, 2.24) is 14.9 Å². The van der Waals surface area contributed by atoms with Crippen molar-refractivity contribution in [2.45, 2.75) is 71.1 Å². The molecule has 1 fully saturated rings. The number of amides is 1. The van der Waals surface area contributed by atoms with Crippen LogP contribution >= 0.6 is 11.6 Å². The summed E-state index contributed by atoms with van der Waals surface area (Å²) in [7, 11) is 0. The number of hydrogen-bond donors (Lipinski definition) is 3. The number of ether oxygens (including phenoxy) is 3. The summed E-state index contributed by atoms with van der Waals surface area (Å²) >= 11 is 6.31. The number of hydrogen-bond acceptors (Lipinski definition) is 7. The zero-order valence-corrected chi connectivity index (χ0v) is 26.4. The van der Waals surface area contributed by atoms with Crippen LogP contribution in [0.5, 0.6) is 11.5 Å². The molecule has 0 atom stereocenters. The van der Waals surface area contributed by atoms with Crippen molar-refractivity contribution in [2.24, 2.45) is 10.7 Å². The van der Waals surface area contributed by atoms with Gasteiger partial charge in [-0.2, -0.15) is 5.10 Å². The molecule has 2 aromatic carbocycles. The van der Waals surface area contributed by atoms with Crippen molar-refractivity contribution >= 4 is 40.4 Å². The Bertz CT molecular complexity index is 1790. The highest BCUT2D eigenvalue weighted by atomic mass is 35.5. The lowest BCUT2D eigenvalue weighted by molar-refractivity contribution is 0.0492. The average molecular weight is 635 g/mol. The SMILES string of the molecule is Cc1cc2c(cc1-c1cc3c(NC4CCC(NC(=O)OC(C)(C)C)CC4)c(C(N)=Nc4cc(F)ccc4Cl)cnn3c1)OCO2. The molecule has 1 saturated carbocycles. The first-order chi connectivity index (χ1) is 21.4. The third kappa shape index (κ3) is 6.78. The number of aryl methyl sites for hydroxylation is 1. The largest absolute Gasteiger partial charge is 0.454 e. The van der Waals surface area contributed by atoms with Crippen LogP contribution in [-0.4, -0.2) is 46.0 Å². The Morgan fingerprint density at radius 2 is 1.82 bits per heavy atom. The molecule has 0 bridgehead atoms. The van der Waals surface area contributed by atoms with Gasteiger partial charge in [-0.1, -0.05) is 11.6 Å². The van der Waals surface area contributed by atoms with Crippen LogP contribution in [0, 0.1) is 12.7 Å². The van der Waals surface area contributed by atoms with E-state index in [2.05, 4.69) is 20.7 Å². The number of fused-ring (bicyclic) bond motifs is 2. The molecule has 45 heavy (non-hydrogen) atoms. The molecule has 1 aliphatic carbocycles. The molecular weight excluding hydrogens is 599 g/mol. The first kappa shape index (κ1) is 30.5. The van der Waals surface area contributed by atoms with E-state index < -0.39 is 17.5 Å². The van der Waals surface area contributed by atoms with Crippen LogP contribution in [-0.2, 0) is 4.74 Å². The van der Waals surface area contributed by atoms with E-state index >= 15 is 0 Å². The Hall–Kier alpha value is -4.51. The van der Waals surface area contributed by atoms with E-state index in [-0.39, 0.29) is 35.4 Å². The topological polar surface area (TPSA) is 124 Å². The van der Waals surface area contributed by atoms with Gasteiger partial charge >= 0.3 is 6.09 Å². The summed E-state index contributed by atoms with van der Waals surface area (Å²) in [5.74, 6) is 1.09. The number of carbonyl (C=O) groups excluding carboxylic acids is 1. The van der Waals surface area contributed by atoms with Gasteiger partial charge in [0.1, 0.15) is 17.3 Å². The number of amidine groups is 1. The molecule has 0 radical (unpaired) electrons. The molecule has 12 heteroatoms. The van der Waals surface area contributed by atoms with Gasteiger partial charge in [0.05, 0.1) is 33.7 Å². The number of aliphatic imine (C=N–C) groups is 1. The molecule has 10 nitrogen and oxygen atoms in total. The second-order valence-electron chi connectivity index (χ2n) is 12.4. The fraction of sp³-hybridized carbons (Fsp3) is 0.364. The minimum absolute atomic E-state index is 0.0189. The third-order valence-corrected chi connectivity index (χ3v) is 8.21. The standard InChI is InChI=1S/C33H36ClFN6O4/c1-18-11-28-29(44-17-43-28)14-23(18)19-12-27-30(38-21-6-8-22(9-7-21)39-32(42)45-33(2,3)4)24(15-37-41(27)16-19)31(36)40-26-13-20(35)5-10-25(26)34/h5,10-16,21-22,38H,6-9,17H2,1-4H3,(H2,36,40)(H,39,42). The lowest BCUT2D eigenvalue weighted by Crippen LogP contribution is -2.42. The maximum absolute atomic E-state index is 14.0. The number of alkyl carbamates (subject to hydrolysis) is 1. The van der Waals surface area contributed by atoms with E-state index in [0.29, 0.717) is 11.3 Å². The molecule has 6 rings (SSSR count). The Morgan fingerprint density at radius 1 is 1.11 bits per heavy atom. The lowest BCUT2D eigenvalue weighted by Gasteiger charge is -2.31. The number of benzene rings is 2. The van der Waals surface area contributed by atoms with Crippen molar-refractivity contribution in [3.8, 4) is 22.6 Å². The van der Waals surface area contributed by atoms with Crippen molar-refractivity contribution in [2.75, 3.05) is 12.1 Å². The van der Waals surface area contributed by atoms with Crippen LogP contribution in [0.15, 0.2) is 53.8 Å². The Morgan fingerprint density at radius 3 is 2.56 bits per heavy atom. The minimum Gasteiger partial charge on any atom is -0.454 e. The Kier molecular flexibility index (Phi) is 8.22. The van der Waals surface area contributed by atoms with E-state index in [1.54, 1.807) is 10.7 Å². The second kappa shape index (κ2) is 12.1. The first-order valence-corrected chi connectivity index (χ1v) is 15.3. The molecule has 236 valence electrons. The Balaban J connectivity index is 1.33. The van der Waals surface area contributed by atoms with Gasteiger partial charge < -0.3 is 30.6 Å². The number of nitrogens with one attached hydrogen (secondary N) is 2. The normalized spacial score (nSPS) is 18.2. The number of aromatic nitrogens is 2. The number of nitrogens with two attached hydrogens (primary N) is 1. The number of anilines is 1. The zero-order valence-electron chi connectivity index (χ0n) is 25.6. The highest BCUT2D eigenvalue weighted by molar-refractivity contribution is 6.33. The average Bonchev–Trinajstić information content (AvgIpc) is 3.61. The molecule has 4 aromatic rings. The Labute approximate surface area is 265 Å². The van der Waals surface area contributed by atoms with Crippen molar-refractivity contribution in [3.05, 3.63) is 70.8 Å².